The van der Waals surface area contributed by atoms with Crippen molar-refractivity contribution in [3.05, 3.63) is 23.2 Å². The minimum Gasteiger partial charge on any atom is -0.465 e. The summed E-state index contributed by atoms with van der Waals surface area (Å²) in [6.07, 6.45) is 0. The van der Waals surface area contributed by atoms with Crippen molar-refractivity contribution in [1.82, 2.24) is 10.2 Å². The molecule has 0 atom stereocenters. The van der Waals surface area contributed by atoms with E-state index in [9.17, 15) is 0 Å². The number of rotatable bonds is 5. The van der Waals surface area contributed by atoms with Crippen LogP contribution < -0.4 is 5.32 Å². The zero-order valence-electron chi connectivity index (χ0n) is 14.4. The number of morpholine rings is 1. The second-order valence-electron chi connectivity index (χ2n) is 7.34. The maximum atomic E-state index is 6.14. The number of hydrogen-bond donors (Lipinski definition) is 1. The molecule has 4 heteroatoms. The summed E-state index contributed by atoms with van der Waals surface area (Å²) in [6, 6.07) is 2.19. The van der Waals surface area contributed by atoms with Crippen molar-refractivity contribution in [2.75, 3.05) is 19.6 Å². The summed E-state index contributed by atoms with van der Waals surface area (Å²) in [7, 11) is 0. The van der Waals surface area contributed by atoms with Gasteiger partial charge in [-0.2, -0.15) is 0 Å². The number of furan rings is 1. The molecule has 4 nitrogen and oxygen atoms in total. The van der Waals surface area contributed by atoms with Crippen LogP contribution in [0.3, 0.4) is 0 Å². The summed E-state index contributed by atoms with van der Waals surface area (Å²) in [5, 5.41) is 3.31. The van der Waals surface area contributed by atoms with E-state index < -0.39 is 0 Å². The summed E-state index contributed by atoms with van der Waals surface area (Å²) >= 11 is 0. The lowest BCUT2D eigenvalue weighted by Crippen LogP contribution is -2.56. The van der Waals surface area contributed by atoms with E-state index in [4.69, 9.17) is 9.15 Å². The van der Waals surface area contributed by atoms with Gasteiger partial charge < -0.3 is 14.5 Å². The van der Waals surface area contributed by atoms with Crippen LogP contribution in [0, 0.1) is 6.92 Å². The van der Waals surface area contributed by atoms with Gasteiger partial charge in [-0.1, -0.05) is 6.92 Å². The van der Waals surface area contributed by atoms with Gasteiger partial charge in [-0.15, -0.1) is 0 Å². The fourth-order valence-electron chi connectivity index (χ4n) is 3.38. The highest BCUT2D eigenvalue weighted by molar-refractivity contribution is 5.21. The Morgan fingerprint density at radius 1 is 1.19 bits per heavy atom. The van der Waals surface area contributed by atoms with Crippen LogP contribution in [0.1, 0.15) is 51.7 Å². The Kier molecular flexibility index (Phi) is 4.81. The SMILES string of the molecule is CCNCc1cc(CN2CC(C)(C)OC(C)(C)C2)c(C)o1. The van der Waals surface area contributed by atoms with Crippen molar-refractivity contribution in [3.8, 4) is 0 Å². The first-order chi connectivity index (χ1) is 9.71. The maximum Gasteiger partial charge on any atom is 0.118 e. The molecular formula is C17H30N2O2. The molecule has 1 aromatic rings. The predicted molar refractivity (Wildman–Crippen MR) is 85.3 cm³/mol. The van der Waals surface area contributed by atoms with Gasteiger partial charge in [0.05, 0.1) is 17.7 Å². The van der Waals surface area contributed by atoms with Gasteiger partial charge in [0.2, 0.25) is 0 Å². The van der Waals surface area contributed by atoms with Crippen LogP contribution in [-0.2, 0) is 17.8 Å². The topological polar surface area (TPSA) is 37.6 Å². The van der Waals surface area contributed by atoms with Gasteiger partial charge in [-0.25, -0.2) is 0 Å². The zero-order valence-corrected chi connectivity index (χ0v) is 14.4. The highest BCUT2D eigenvalue weighted by atomic mass is 16.5. The van der Waals surface area contributed by atoms with Crippen LogP contribution in [0.4, 0.5) is 0 Å². The van der Waals surface area contributed by atoms with Gasteiger partial charge in [0.25, 0.3) is 0 Å². The molecule has 0 radical (unpaired) electrons. The third kappa shape index (κ3) is 4.56. The van der Waals surface area contributed by atoms with Crippen LogP contribution in [0.25, 0.3) is 0 Å². The predicted octanol–water partition coefficient (Wildman–Crippen LogP) is 3.09. The third-order valence-electron chi connectivity index (χ3n) is 3.78. The molecule has 1 fully saturated rings. The van der Waals surface area contributed by atoms with Crippen molar-refractivity contribution in [2.45, 2.75) is 65.8 Å². The van der Waals surface area contributed by atoms with E-state index in [1.54, 1.807) is 0 Å². The van der Waals surface area contributed by atoms with E-state index in [1.807, 2.05) is 0 Å². The Balaban J connectivity index is 2.05. The number of ether oxygens (including phenoxy) is 1. The monoisotopic (exact) mass is 294 g/mol. The minimum atomic E-state index is -0.105. The molecule has 120 valence electrons. The van der Waals surface area contributed by atoms with Crippen molar-refractivity contribution in [1.29, 1.82) is 0 Å². The van der Waals surface area contributed by atoms with E-state index in [0.717, 1.165) is 44.2 Å². The molecule has 1 aliphatic rings. The first-order valence-corrected chi connectivity index (χ1v) is 7.92. The fraction of sp³-hybridized carbons (Fsp3) is 0.765. The normalized spacial score (nSPS) is 21.6. The van der Waals surface area contributed by atoms with E-state index in [-0.39, 0.29) is 11.2 Å². The standard InChI is InChI=1S/C17H30N2O2/c1-7-18-9-15-8-14(13(2)20-15)10-19-11-16(3,4)21-17(5,6)12-19/h8,18H,7,9-12H2,1-6H3. The molecule has 1 aliphatic heterocycles. The number of nitrogens with one attached hydrogen (secondary N) is 1. The average Bonchev–Trinajstić information content (AvgIpc) is 2.63. The molecule has 0 bridgehead atoms. The molecule has 0 aliphatic carbocycles. The van der Waals surface area contributed by atoms with Crippen molar-refractivity contribution in [2.24, 2.45) is 0 Å². The van der Waals surface area contributed by atoms with E-state index >= 15 is 0 Å². The summed E-state index contributed by atoms with van der Waals surface area (Å²) in [5.41, 5.74) is 1.08. The molecule has 2 rings (SSSR count). The van der Waals surface area contributed by atoms with Gasteiger partial charge >= 0.3 is 0 Å². The van der Waals surface area contributed by atoms with Gasteiger partial charge in [-0.3, -0.25) is 4.90 Å². The quantitative estimate of drug-likeness (QED) is 0.905. The molecule has 0 aromatic carbocycles. The van der Waals surface area contributed by atoms with E-state index in [0.29, 0.717) is 0 Å². The Bertz CT molecular complexity index is 461. The average molecular weight is 294 g/mol. The molecule has 0 amide bonds. The highest BCUT2D eigenvalue weighted by Crippen LogP contribution is 2.29. The van der Waals surface area contributed by atoms with Crippen molar-refractivity contribution < 1.29 is 9.15 Å². The highest BCUT2D eigenvalue weighted by Gasteiger charge is 2.38. The molecule has 0 spiro atoms. The summed E-state index contributed by atoms with van der Waals surface area (Å²) in [5.74, 6) is 2.06. The smallest absolute Gasteiger partial charge is 0.118 e. The number of hydrogen-bond acceptors (Lipinski definition) is 4. The lowest BCUT2D eigenvalue weighted by atomic mass is 9.98. The second-order valence-corrected chi connectivity index (χ2v) is 7.34. The van der Waals surface area contributed by atoms with E-state index in [2.05, 4.69) is 57.8 Å². The Morgan fingerprint density at radius 3 is 2.38 bits per heavy atom. The first kappa shape index (κ1) is 16.5. The maximum absolute atomic E-state index is 6.14. The minimum absolute atomic E-state index is 0.105. The summed E-state index contributed by atoms with van der Waals surface area (Å²) in [6.45, 7) is 17.4. The Labute approximate surface area is 128 Å². The molecule has 0 unspecified atom stereocenters. The van der Waals surface area contributed by atoms with Crippen LogP contribution in [-0.4, -0.2) is 35.7 Å². The van der Waals surface area contributed by atoms with Gasteiger partial charge in [0.1, 0.15) is 11.5 Å². The summed E-state index contributed by atoms with van der Waals surface area (Å²) in [4.78, 5) is 2.47. The third-order valence-corrected chi connectivity index (χ3v) is 3.78. The van der Waals surface area contributed by atoms with Crippen molar-refractivity contribution >= 4 is 0 Å². The van der Waals surface area contributed by atoms with Gasteiger partial charge in [0.15, 0.2) is 0 Å². The summed E-state index contributed by atoms with van der Waals surface area (Å²) < 4.78 is 12.0. The molecule has 1 saturated heterocycles. The van der Waals surface area contributed by atoms with Crippen LogP contribution >= 0.6 is 0 Å². The van der Waals surface area contributed by atoms with Crippen LogP contribution in [0.2, 0.25) is 0 Å². The van der Waals surface area contributed by atoms with Gasteiger partial charge in [0, 0.05) is 25.2 Å². The molecule has 21 heavy (non-hydrogen) atoms. The largest absolute Gasteiger partial charge is 0.465 e. The molecule has 1 aromatic heterocycles. The Hall–Kier alpha value is -0.840. The molecular weight excluding hydrogens is 264 g/mol. The molecule has 2 heterocycles. The number of aryl methyl sites for hydroxylation is 1. The van der Waals surface area contributed by atoms with E-state index in [1.165, 1.54) is 5.56 Å². The second kappa shape index (κ2) is 6.11. The lowest BCUT2D eigenvalue weighted by Gasteiger charge is -2.47. The molecule has 1 N–H and O–H groups in total. The van der Waals surface area contributed by atoms with Crippen LogP contribution in [0.5, 0.6) is 0 Å². The molecule has 0 saturated carbocycles. The fourth-order valence-corrected chi connectivity index (χ4v) is 3.38. The first-order valence-electron chi connectivity index (χ1n) is 7.92. The zero-order chi connectivity index (χ0) is 15.7. The van der Waals surface area contributed by atoms with Crippen LogP contribution in [0.15, 0.2) is 10.5 Å². The Morgan fingerprint density at radius 2 is 1.81 bits per heavy atom. The van der Waals surface area contributed by atoms with Crippen molar-refractivity contribution in [3.63, 3.8) is 0 Å². The number of nitrogens with zero attached hydrogens (tertiary/aromatic N) is 1. The lowest BCUT2D eigenvalue weighted by molar-refractivity contribution is -0.182. The van der Waals surface area contributed by atoms with Gasteiger partial charge in [-0.05, 0) is 47.2 Å².